The number of halogens is 1. The van der Waals surface area contributed by atoms with Crippen molar-refractivity contribution in [3.8, 4) is 0 Å². The van der Waals surface area contributed by atoms with Gasteiger partial charge in [-0.2, -0.15) is 0 Å². The van der Waals surface area contributed by atoms with Crippen LogP contribution in [-0.4, -0.2) is 11.9 Å². The number of hydrogen-bond donors (Lipinski definition) is 2. The van der Waals surface area contributed by atoms with Crippen LogP contribution in [0, 0.1) is 12.8 Å². The number of hydrogen-bond acceptors (Lipinski definition) is 2. The van der Waals surface area contributed by atoms with E-state index in [1.807, 2.05) is 26.8 Å². The van der Waals surface area contributed by atoms with Gasteiger partial charge < -0.3 is 11.1 Å². The summed E-state index contributed by atoms with van der Waals surface area (Å²) in [5.41, 5.74) is 7.50. The summed E-state index contributed by atoms with van der Waals surface area (Å²) >= 11 is 5.85. The van der Waals surface area contributed by atoms with Gasteiger partial charge in [0.1, 0.15) is 0 Å². The maximum Gasteiger partial charge on any atom is 0.241 e. The summed E-state index contributed by atoms with van der Waals surface area (Å²) in [5.74, 6) is 0.256. The third kappa shape index (κ3) is 4.36. The summed E-state index contributed by atoms with van der Waals surface area (Å²) in [6.07, 6.45) is 0.679. The third-order valence-corrected chi connectivity index (χ3v) is 2.74. The van der Waals surface area contributed by atoms with E-state index in [4.69, 9.17) is 17.3 Å². The zero-order valence-electron chi connectivity index (χ0n) is 10.5. The van der Waals surface area contributed by atoms with Crippen LogP contribution in [0.2, 0.25) is 5.02 Å². The smallest absolute Gasteiger partial charge is 0.241 e. The number of nitrogens with one attached hydrogen (secondary N) is 1. The first kappa shape index (κ1) is 14.0. The Morgan fingerprint density at radius 3 is 2.65 bits per heavy atom. The van der Waals surface area contributed by atoms with E-state index in [0.717, 1.165) is 11.3 Å². The van der Waals surface area contributed by atoms with Gasteiger partial charge in [0.15, 0.2) is 0 Å². The minimum atomic E-state index is -0.468. The molecule has 0 heterocycles. The highest BCUT2D eigenvalue weighted by atomic mass is 35.5. The fourth-order valence-electron chi connectivity index (χ4n) is 1.61. The van der Waals surface area contributed by atoms with Crippen molar-refractivity contribution in [2.45, 2.75) is 33.2 Å². The second-order valence-corrected chi connectivity index (χ2v) is 5.12. The first-order valence-electron chi connectivity index (χ1n) is 5.72. The largest absolute Gasteiger partial charge is 0.324 e. The Kier molecular flexibility index (Phi) is 4.97. The number of benzene rings is 1. The lowest BCUT2D eigenvalue weighted by Crippen LogP contribution is -2.36. The molecule has 0 unspecified atom stereocenters. The normalized spacial score (nSPS) is 12.6. The Morgan fingerprint density at radius 2 is 2.12 bits per heavy atom. The summed E-state index contributed by atoms with van der Waals surface area (Å²) in [6, 6.07) is 4.88. The van der Waals surface area contributed by atoms with E-state index >= 15 is 0 Å². The molecular formula is C13H19ClN2O. The molecule has 0 saturated carbocycles. The van der Waals surface area contributed by atoms with Gasteiger partial charge in [-0.05, 0) is 43.0 Å². The Labute approximate surface area is 107 Å². The predicted octanol–water partition coefficient (Wildman–Crippen LogP) is 2.96. The SMILES string of the molecule is Cc1cc(Cl)ccc1NC(=O)[C@@H](N)CC(C)C. The van der Waals surface area contributed by atoms with Gasteiger partial charge in [-0.25, -0.2) is 0 Å². The van der Waals surface area contributed by atoms with Gasteiger partial charge in [0.05, 0.1) is 6.04 Å². The van der Waals surface area contributed by atoms with Crippen molar-refractivity contribution in [2.24, 2.45) is 11.7 Å². The molecule has 94 valence electrons. The van der Waals surface area contributed by atoms with Crippen LogP contribution in [0.25, 0.3) is 0 Å². The molecule has 17 heavy (non-hydrogen) atoms. The van der Waals surface area contributed by atoms with Crippen LogP contribution in [0.15, 0.2) is 18.2 Å². The van der Waals surface area contributed by atoms with E-state index in [1.165, 1.54) is 0 Å². The maximum absolute atomic E-state index is 11.8. The minimum absolute atomic E-state index is 0.149. The summed E-state index contributed by atoms with van der Waals surface area (Å²) in [5, 5.41) is 3.48. The highest BCUT2D eigenvalue weighted by molar-refractivity contribution is 6.30. The van der Waals surface area contributed by atoms with Gasteiger partial charge >= 0.3 is 0 Å². The molecule has 0 aliphatic rings. The zero-order valence-corrected chi connectivity index (χ0v) is 11.2. The number of aryl methyl sites for hydroxylation is 1. The molecular weight excluding hydrogens is 236 g/mol. The van der Waals surface area contributed by atoms with Crippen LogP contribution < -0.4 is 11.1 Å². The predicted molar refractivity (Wildman–Crippen MR) is 72.2 cm³/mol. The second-order valence-electron chi connectivity index (χ2n) is 4.68. The highest BCUT2D eigenvalue weighted by Gasteiger charge is 2.15. The summed E-state index contributed by atoms with van der Waals surface area (Å²) in [7, 11) is 0. The fourth-order valence-corrected chi connectivity index (χ4v) is 1.83. The number of anilines is 1. The van der Waals surface area contributed by atoms with Crippen molar-refractivity contribution in [1.82, 2.24) is 0 Å². The minimum Gasteiger partial charge on any atom is -0.324 e. The average molecular weight is 255 g/mol. The van der Waals surface area contributed by atoms with Crippen molar-refractivity contribution >= 4 is 23.2 Å². The molecule has 0 radical (unpaired) electrons. The molecule has 0 aliphatic carbocycles. The molecule has 0 aliphatic heterocycles. The number of carbonyl (C=O) groups excluding carboxylic acids is 1. The molecule has 0 spiro atoms. The van der Waals surface area contributed by atoms with Gasteiger partial charge in [0, 0.05) is 10.7 Å². The number of amides is 1. The van der Waals surface area contributed by atoms with Crippen molar-refractivity contribution in [3.63, 3.8) is 0 Å². The number of carbonyl (C=O) groups is 1. The van der Waals surface area contributed by atoms with Gasteiger partial charge in [-0.3, -0.25) is 4.79 Å². The van der Waals surface area contributed by atoms with Crippen LogP contribution >= 0.6 is 11.6 Å². The van der Waals surface area contributed by atoms with E-state index in [1.54, 1.807) is 12.1 Å². The fraction of sp³-hybridized carbons (Fsp3) is 0.462. The van der Waals surface area contributed by atoms with E-state index in [-0.39, 0.29) is 5.91 Å². The van der Waals surface area contributed by atoms with Crippen LogP contribution in [0.4, 0.5) is 5.69 Å². The number of rotatable bonds is 4. The van der Waals surface area contributed by atoms with Crippen molar-refractivity contribution in [1.29, 1.82) is 0 Å². The quantitative estimate of drug-likeness (QED) is 0.868. The molecule has 3 nitrogen and oxygen atoms in total. The van der Waals surface area contributed by atoms with E-state index in [0.29, 0.717) is 17.4 Å². The molecule has 1 aromatic carbocycles. The molecule has 0 bridgehead atoms. The summed E-state index contributed by atoms with van der Waals surface area (Å²) < 4.78 is 0. The third-order valence-electron chi connectivity index (χ3n) is 2.51. The Balaban J connectivity index is 2.67. The van der Waals surface area contributed by atoms with Crippen molar-refractivity contribution in [2.75, 3.05) is 5.32 Å². The Bertz CT molecular complexity index is 404. The zero-order chi connectivity index (χ0) is 13.0. The standard InChI is InChI=1S/C13H19ClN2O/c1-8(2)6-11(15)13(17)16-12-5-4-10(14)7-9(12)3/h4-5,7-8,11H,6,15H2,1-3H3,(H,16,17)/t11-/m0/s1. The van der Waals surface area contributed by atoms with E-state index in [9.17, 15) is 4.79 Å². The average Bonchev–Trinajstić information content (AvgIpc) is 2.21. The lowest BCUT2D eigenvalue weighted by Gasteiger charge is -2.15. The molecule has 0 fully saturated rings. The maximum atomic E-state index is 11.8. The van der Waals surface area contributed by atoms with Crippen LogP contribution in [0.3, 0.4) is 0 Å². The van der Waals surface area contributed by atoms with Gasteiger partial charge in [-0.1, -0.05) is 25.4 Å². The molecule has 0 saturated heterocycles. The van der Waals surface area contributed by atoms with E-state index in [2.05, 4.69) is 5.32 Å². The van der Waals surface area contributed by atoms with Gasteiger partial charge in [0.25, 0.3) is 0 Å². The lowest BCUT2D eigenvalue weighted by atomic mass is 10.0. The second kappa shape index (κ2) is 6.03. The van der Waals surface area contributed by atoms with Crippen molar-refractivity contribution in [3.05, 3.63) is 28.8 Å². The summed E-state index contributed by atoms with van der Waals surface area (Å²) in [6.45, 7) is 5.98. The van der Waals surface area contributed by atoms with Gasteiger partial charge in [-0.15, -0.1) is 0 Å². The molecule has 1 rings (SSSR count). The number of nitrogens with two attached hydrogens (primary N) is 1. The molecule has 3 N–H and O–H groups in total. The first-order chi connectivity index (χ1) is 7.90. The van der Waals surface area contributed by atoms with E-state index < -0.39 is 6.04 Å². The molecule has 1 atom stereocenters. The highest BCUT2D eigenvalue weighted by Crippen LogP contribution is 2.19. The Morgan fingerprint density at radius 1 is 1.47 bits per heavy atom. The monoisotopic (exact) mass is 254 g/mol. The molecule has 1 aromatic rings. The topological polar surface area (TPSA) is 55.1 Å². The van der Waals surface area contributed by atoms with Crippen LogP contribution in [0.1, 0.15) is 25.8 Å². The lowest BCUT2D eigenvalue weighted by molar-refractivity contribution is -0.117. The molecule has 4 heteroatoms. The van der Waals surface area contributed by atoms with Crippen LogP contribution in [-0.2, 0) is 4.79 Å². The molecule has 0 aromatic heterocycles. The molecule has 1 amide bonds. The Hall–Kier alpha value is -1.06. The van der Waals surface area contributed by atoms with Gasteiger partial charge in [0.2, 0.25) is 5.91 Å². The van der Waals surface area contributed by atoms with Crippen LogP contribution in [0.5, 0.6) is 0 Å². The summed E-state index contributed by atoms with van der Waals surface area (Å²) in [4.78, 5) is 11.8. The first-order valence-corrected chi connectivity index (χ1v) is 6.10. The van der Waals surface area contributed by atoms with Crippen molar-refractivity contribution < 1.29 is 4.79 Å².